The smallest absolute Gasteiger partial charge is 0.246 e. The molecule has 0 spiro atoms. The lowest BCUT2D eigenvalue weighted by atomic mass is 9.91. The number of hydrogen-bond donors (Lipinski definition) is 1. The quantitative estimate of drug-likeness (QED) is 0.856. The van der Waals surface area contributed by atoms with Gasteiger partial charge in [-0.1, -0.05) is 12.8 Å². The van der Waals surface area contributed by atoms with Crippen LogP contribution in [0, 0.1) is 0 Å². The molecule has 1 aliphatic carbocycles. The lowest BCUT2D eigenvalue weighted by Crippen LogP contribution is -2.54. The number of aromatic nitrogens is 2. The van der Waals surface area contributed by atoms with Gasteiger partial charge in [-0.3, -0.25) is 4.68 Å². The number of sulfonamides is 1. The molecule has 2 N–H and O–H groups in total. The Morgan fingerprint density at radius 2 is 2.19 bits per heavy atom. The molecule has 1 aliphatic heterocycles. The van der Waals surface area contributed by atoms with Crippen LogP contribution in [0.25, 0.3) is 0 Å². The second-order valence-electron chi connectivity index (χ2n) is 5.60. The first kappa shape index (κ1) is 15.0. The van der Waals surface area contributed by atoms with Crippen molar-refractivity contribution in [2.75, 3.05) is 19.7 Å². The van der Waals surface area contributed by atoms with Crippen LogP contribution >= 0.6 is 0 Å². The number of morpholine rings is 1. The Hall–Kier alpha value is -0.960. The van der Waals surface area contributed by atoms with Gasteiger partial charge in [0.1, 0.15) is 4.90 Å². The van der Waals surface area contributed by atoms with Crippen molar-refractivity contribution in [2.24, 2.45) is 5.73 Å². The van der Waals surface area contributed by atoms with E-state index in [9.17, 15) is 8.42 Å². The van der Waals surface area contributed by atoms with Crippen LogP contribution in [0.15, 0.2) is 17.3 Å². The molecule has 1 saturated carbocycles. The Morgan fingerprint density at radius 1 is 1.38 bits per heavy atom. The van der Waals surface area contributed by atoms with Crippen molar-refractivity contribution in [3.8, 4) is 0 Å². The fraction of sp³-hybridized carbons (Fsp3) is 0.769. The summed E-state index contributed by atoms with van der Waals surface area (Å²) in [7, 11) is -3.50. The second kappa shape index (κ2) is 6.04. The van der Waals surface area contributed by atoms with Crippen LogP contribution < -0.4 is 5.73 Å². The average Bonchev–Trinajstić information content (AvgIpc) is 2.96. The lowest BCUT2D eigenvalue weighted by Gasteiger charge is -2.42. The third kappa shape index (κ3) is 2.85. The molecule has 0 bridgehead atoms. The maximum atomic E-state index is 12.8. The molecule has 2 unspecified atom stereocenters. The molecule has 2 atom stereocenters. The molecule has 8 heteroatoms. The highest BCUT2D eigenvalue weighted by molar-refractivity contribution is 7.89. The number of fused-ring (bicyclic) bond motifs is 1. The molecule has 0 aromatic carbocycles. The third-order valence-electron chi connectivity index (χ3n) is 4.26. The Morgan fingerprint density at radius 3 is 3.00 bits per heavy atom. The fourth-order valence-corrected chi connectivity index (χ4v) is 4.85. The summed E-state index contributed by atoms with van der Waals surface area (Å²) < 4.78 is 34.6. The first-order valence-corrected chi connectivity index (χ1v) is 8.93. The summed E-state index contributed by atoms with van der Waals surface area (Å²) >= 11 is 0. The van der Waals surface area contributed by atoms with Gasteiger partial charge < -0.3 is 10.5 Å². The van der Waals surface area contributed by atoms with Gasteiger partial charge in [0.15, 0.2) is 0 Å². The van der Waals surface area contributed by atoms with Crippen molar-refractivity contribution in [1.82, 2.24) is 14.1 Å². The summed E-state index contributed by atoms with van der Waals surface area (Å²) in [5.74, 6) is 0. The zero-order valence-corrected chi connectivity index (χ0v) is 12.8. The second-order valence-corrected chi connectivity index (χ2v) is 7.50. The maximum absolute atomic E-state index is 12.8. The van der Waals surface area contributed by atoms with Crippen LogP contribution in [0.4, 0.5) is 0 Å². The van der Waals surface area contributed by atoms with Crippen LogP contribution in [-0.4, -0.2) is 54.3 Å². The van der Waals surface area contributed by atoms with E-state index in [-0.39, 0.29) is 17.0 Å². The van der Waals surface area contributed by atoms with Gasteiger partial charge in [-0.25, -0.2) is 8.42 Å². The summed E-state index contributed by atoms with van der Waals surface area (Å²) in [5, 5.41) is 4.07. The molecule has 3 rings (SSSR count). The van der Waals surface area contributed by atoms with E-state index in [0.717, 1.165) is 25.7 Å². The van der Waals surface area contributed by atoms with Crippen molar-refractivity contribution in [3.63, 3.8) is 0 Å². The molecule has 2 aliphatic rings. The average molecular weight is 314 g/mol. The summed E-state index contributed by atoms with van der Waals surface area (Å²) in [6.45, 7) is 1.84. The van der Waals surface area contributed by atoms with Crippen LogP contribution in [0.1, 0.15) is 25.7 Å². The van der Waals surface area contributed by atoms with Crippen LogP contribution in [0.3, 0.4) is 0 Å². The van der Waals surface area contributed by atoms with E-state index in [2.05, 4.69) is 5.10 Å². The first-order chi connectivity index (χ1) is 10.1. The van der Waals surface area contributed by atoms with Gasteiger partial charge in [0.05, 0.1) is 31.5 Å². The Balaban J connectivity index is 1.85. The van der Waals surface area contributed by atoms with E-state index in [1.165, 1.54) is 6.20 Å². The van der Waals surface area contributed by atoms with Crippen LogP contribution in [0.5, 0.6) is 0 Å². The number of hydrogen-bond acceptors (Lipinski definition) is 5. The summed E-state index contributed by atoms with van der Waals surface area (Å²) in [4.78, 5) is 0.252. The van der Waals surface area contributed by atoms with E-state index in [0.29, 0.717) is 26.2 Å². The molecule has 2 fully saturated rings. The number of nitrogens with two attached hydrogens (primary N) is 1. The van der Waals surface area contributed by atoms with Gasteiger partial charge >= 0.3 is 0 Å². The minimum atomic E-state index is -3.50. The fourth-order valence-electron chi connectivity index (χ4n) is 3.23. The van der Waals surface area contributed by atoms with Crippen LogP contribution in [0.2, 0.25) is 0 Å². The predicted octanol–water partition coefficient (Wildman–Crippen LogP) is 0.174. The summed E-state index contributed by atoms with van der Waals surface area (Å²) in [6, 6.07) is -0.0321. The number of rotatable bonds is 4. The van der Waals surface area contributed by atoms with Crippen LogP contribution in [-0.2, 0) is 21.3 Å². The van der Waals surface area contributed by atoms with Crippen molar-refractivity contribution < 1.29 is 13.2 Å². The number of nitrogens with zero attached hydrogens (tertiary/aromatic N) is 3. The highest BCUT2D eigenvalue weighted by Gasteiger charge is 2.41. The lowest BCUT2D eigenvalue weighted by molar-refractivity contribution is -0.0586. The Kier molecular flexibility index (Phi) is 4.30. The molecular formula is C13H22N4O3S. The largest absolute Gasteiger partial charge is 0.375 e. The minimum Gasteiger partial charge on any atom is -0.375 e. The molecule has 118 valence electrons. The Labute approximate surface area is 125 Å². The molecule has 1 aromatic rings. The third-order valence-corrected chi connectivity index (χ3v) is 6.13. The first-order valence-electron chi connectivity index (χ1n) is 7.49. The van der Waals surface area contributed by atoms with E-state index in [4.69, 9.17) is 10.5 Å². The zero-order valence-electron chi connectivity index (χ0n) is 12.0. The molecule has 1 aromatic heterocycles. The van der Waals surface area contributed by atoms with Gasteiger partial charge in [-0.2, -0.15) is 9.40 Å². The Bertz CT molecular complexity index is 584. The summed E-state index contributed by atoms with van der Waals surface area (Å²) in [5.41, 5.74) is 5.47. The maximum Gasteiger partial charge on any atom is 0.246 e. The molecule has 7 nitrogen and oxygen atoms in total. The van der Waals surface area contributed by atoms with E-state index < -0.39 is 10.0 Å². The topological polar surface area (TPSA) is 90.5 Å². The monoisotopic (exact) mass is 314 g/mol. The zero-order chi connectivity index (χ0) is 14.9. The summed E-state index contributed by atoms with van der Waals surface area (Å²) in [6.07, 6.45) is 7.02. The molecule has 2 heterocycles. The van der Waals surface area contributed by atoms with Crippen molar-refractivity contribution >= 4 is 10.0 Å². The van der Waals surface area contributed by atoms with Gasteiger partial charge in [-0.15, -0.1) is 0 Å². The molecule has 1 saturated heterocycles. The van der Waals surface area contributed by atoms with Gasteiger partial charge in [-0.05, 0) is 12.8 Å². The van der Waals surface area contributed by atoms with E-state index >= 15 is 0 Å². The van der Waals surface area contributed by atoms with E-state index in [1.807, 2.05) is 0 Å². The standard InChI is InChI=1S/C13H22N4O3S/c14-5-6-16-10-11(9-15-16)21(18,19)17-7-8-20-13-4-2-1-3-12(13)17/h9-10,12-13H,1-8,14H2. The minimum absolute atomic E-state index is 0.0321. The molecule has 0 amide bonds. The highest BCUT2D eigenvalue weighted by Crippen LogP contribution is 2.32. The van der Waals surface area contributed by atoms with Crippen molar-refractivity contribution in [3.05, 3.63) is 12.4 Å². The van der Waals surface area contributed by atoms with Crippen molar-refractivity contribution in [1.29, 1.82) is 0 Å². The predicted molar refractivity (Wildman–Crippen MR) is 77.2 cm³/mol. The SMILES string of the molecule is NCCn1cc(S(=O)(=O)N2CCOC3CCCCC32)cn1. The van der Waals surface area contributed by atoms with Gasteiger partial charge in [0.2, 0.25) is 10.0 Å². The number of ether oxygens (including phenoxy) is 1. The van der Waals surface area contributed by atoms with E-state index in [1.54, 1.807) is 15.2 Å². The highest BCUT2D eigenvalue weighted by atomic mass is 32.2. The molecule has 21 heavy (non-hydrogen) atoms. The normalized spacial score (nSPS) is 27.5. The van der Waals surface area contributed by atoms with Gasteiger partial charge in [0.25, 0.3) is 0 Å². The molecular weight excluding hydrogens is 292 g/mol. The van der Waals surface area contributed by atoms with Gasteiger partial charge in [0, 0.05) is 19.3 Å². The van der Waals surface area contributed by atoms with Crippen molar-refractivity contribution in [2.45, 2.75) is 49.3 Å². The molecule has 0 radical (unpaired) electrons.